The molecular weight excluding hydrogens is 431 g/mol. The number of carbonyl (C=O) groups excluding carboxylic acids is 1. The third kappa shape index (κ3) is 3.98. The highest BCUT2D eigenvalue weighted by molar-refractivity contribution is 6.45. The van der Waals surface area contributed by atoms with Crippen molar-refractivity contribution < 1.29 is 19.4 Å². The second kappa shape index (κ2) is 8.59. The highest BCUT2D eigenvalue weighted by Gasteiger charge is 2.34. The number of amides is 1. The number of hydrogen-bond donors (Lipinski definition) is 1. The van der Waals surface area contributed by atoms with Crippen molar-refractivity contribution in [2.75, 3.05) is 18.1 Å². The molecule has 1 fully saturated rings. The number of nitrogens with zero attached hydrogens (tertiary/aromatic N) is 4. The lowest BCUT2D eigenvalue weighted by Crippen LogP contribution is -2.37. The lowest BCUT2D eigenvalue weighted by molar-refractivity contribution is -0.138. The van der Waals surface area contributed by atoms with Gasteiger partial charge in [0.1, 0.15) is 5.82 Å². The summed E-state index contributed by atoms with van der Waals surface area (Å²) in [6.07, 6.45) is 5.96. The van der Waals surface area contributed by atoms with E-state index >= 15 is 0 Å². The molecule has 1 aromatic carbocycles. The van der Waals surface area contributed by atoms with Crippen molar-refractivity contribution in [1.82, 2.24) is 14.5 Å². The van der Waals surface area contributed by atoms with Crippen LogP contribution in [0.3, 0.4) is 0 Å². The zero-order valence-corrected chi connectivity index (χ0v) is 17.3. The van der Waals surface area contributed by atoms with Crippen molar-refractivity contribution in [3.63, 3.8) is 0 Å². The molecule has 156 valence electrons. The molecule has 8 nitrogen and oxygen atoms in total. The lowest BCUT2D eigenvalue weighted by Gasteiger charge is -2.25. The van der Waals surface area contributed by atoms with Crippen LogP contribution in [-0.4, -0.2) is 50.8 Å². The SMILES string of the molecule is O=C(O)CCOCC1CCC(=O)N1c1cc(-n2ccnc2)c2ccc(Cl)c(Cl)c2n1. The van der Waals surface area contributed by atoms with Crippen molar-refractivity contribution in [3.8, 4) is 5.69 Å². The molecule has 1 N–H and O–H groups in total. The van der Waals surface area contributed by atoms with Gasteiger partial charge >= 0.3 is 5.97 Å². The quantitative estimate of drug-likeness (QED) is 0.553. The van der Waals surface area contributed by atoms with Gasteiger partial charge in [-0.25, -0.2) is 9.97 Å². The average molecular weight is 449 g/mol. The van der Waals surface area contributed by atoms with Gasteiger partial charge in [0.05, 0.1) is 53.3 Å². The van der Waals surface area contributed by atoms with Crippen LogP contribution in [0.15, 0.2) is 36.9 Å². The number of aliphatic carboxylic acids is 1. The van der Waals surface area contributed by atoms with Crippen LogP contribution in [-0.2, 0) is 14.3 Å². The predicted molar refractivity (Wildman–Crippen MR) is 112 cm³/mol. The monoisotopic (exact) mass is 448 g/mol. The smallest absolute Gasteiger partial charge is 0.305 e. The number of ether oxygens (including phenoxy) is 1. The number of fused-ring (bicyclic) bond motifs is 1. The van der Waals surface area contributed by atoms with E-state index < -0.39 is 5.97 Å². The van der Waals surface area contributed by atoms with E-state index in [0.29, 0.717) is 34.2 Å². The molecule has 4 rings (SSSR count). The Morgan fingerprint density at radius 2 is 2.17 bits per heavy atom. The normalized spacial score (nSPS) is 16.5. The molecule has 30 heavy (non-hydrogen) atoms. The Balaban J connectivity index is 1.74. The fourth-order valence-electron chi connectivity index (χ4n) is 3.54. The van der Waals surface area contributed by atoms with E-state index in [9.17, 15) is 9.59 Å². The largest absolute Gasteiger partial charge is 0.481 e. The van der Waals surface area contributed by atoms with Gasteiger partial charge < -0.3 is 14.4 Å². The molecular formula is C20H18Cl2N4O4. The Hall–Kier alpha value is -2.68. The molecule has 1 amide bonds. The number of pyridine rings is 1. The molecule has 3 heterocycles. The highest BCUT2D eigenvalue weighted by atomic mass is 35.5. The summed E-state index contributed by atoms with van der Waals surface area (Å²) in [6, 6.07) is 5.09. The first-order valence-corrected chi connectivity index (χ1v) is 10.1. The Morgan fingerprint density at radius 3 is 2.90 bits per heavy atom. The number of halogens is 2. The van der Waals surface area contributed by atoms with Crippen LogP contribution in [0.2, 0.25) is 10.0 Å². The third-order valence-electron chi connectivity index (χ3n) is 4.96. The zero-order valence-electron chi connectivity index (χ0n) is 15.8. The number of carbonyl (C=O) groups is 2. The number of rotatable bonds is 7. The van der Waals surface area contributed by atoms with E-state index in [1.54, 1.807) is 29.7 Å². The Morgan fingerprint density at radius 1 is 1.33 bits per heavy atom. The summed E-state index contributed by atoms with van der Waals surface area (Å²) >= 11 is 12.6. The maximum absolute atomic E-state index is 12.7. The van der Waals surface area contributed by atoms with Gasteiger partial charge in [-0.05, 0) is 18.6 Å². The zero-order chi connectivity index (χ0) is 21.3. The summed E-state index contributed by atoms with van der Waals surface area (Å²) < 4.78 is 7.31. The van der Waals surface area contributed by atoms with Gasteiger partial charge in [-0.1, -0.05) is 23.2 Å². The molecule has 1 atom stereocenters. The fourth-order valence-corrected chi connectivity index (χ4v) is 3.90. The van der Waals surface area contributed by atoms with Crippen molar-refractivity contribution in [1.29, 1.82) is 0 Å². The van der Waals surface area contributed by atoms with Gasteiger partial charge in [-0.3, -0.25) is 14.5 Å². The maximum atomic E-state index is 12.7. The van der Waals surface area contributed by atoms with E-state index in [0.717, 1.165) is 11.1 Å². The van der Waals surface area contributed by atoms with Gasteiger partial charge in [-0.2, -0.15) is 0 Å². The predicted octanol–water partition coefficient (Wildman–Crippen LogP) is 3.71. The second-order valence-electron chi connectivity index (χ2n) is 6.90. The summed E-state index contributed by atoms with van der Waals surface area (Å²) in [5.41, 5.74) is 1.24. The Kier molecular flexibility index (Phi) is 5.90. The molecule has 3 aromatic rings. The maximum Gasteiger partial charge on any atom is 0.305 e. The van der Waals surface area contributed by atoms with Gasteiger partial charge in [0, 0.05) is 30.3 Å². The van der Waals surface area contributed by atoms with E-state index in [-0.39, 0.29) is 31.6 Å². The Bertz CT molecular complexity index is 1100. The highest BCUT2D eigenvalue weighted by Crippen LogP contribution is 2.36. The van der Waals surface area contributed by atoms with Gasteiger partial charge in [0.15, 0.2) is 0 Å². The summed E-state index contributed by atoms with van der Waals surface area (Å²) in [5, 5.41) is 10.2. The topological polar surface area (TPSA) is 97.6 Å². The summed E-state index contributed by atoms with van der Waals surface area (Å²) in [4.78, 5) is 33.7. The van der Waals surface area contributed by atoms with E-state index in [4.69, 9.17) is 33.0 Å². The average Bonchev–Trinajstić information content (AvgIpc) is 3.37. The minimum atomic E-state index is -0.929. The van der Waals surface area contributed by atoms with Crippen molar-refractivity contribution in [3.05, 3.63) is 47.0 Å². The molecule has 0 aliphatic carbocycles. The Labute approximate surface area is 182 Å². The van der Waals surface area contributed by atoms with Gasteiger partial charge in [0.2, 0.25) is 5.91 Å². The van der Waals surface area contributed by atoms with E-state index in [1.807, 2.05) is 16.7 Å². The molecule has 1 aliphatic heterocycles. The van der Waals surface area contributed by atoms with Gasteiger partial charge in [-0.15, -0.1) is 0 Å². The van der Waals surface area contributed by atoms with Crippen LogP contribution < -0.4 is 4.90 Å². The minimum Gasteiger partial charge on any atom is -0.481 e. The second-order valence-corrected chi connectivity index (χ2v) is 7.69. The first-order valence-electron chi connectivity index (χ1n) is 9.34. The van der Waals surface area contributed by atoms with Crippen molar-refractivity contribution >= 4 is 51.8 Å². The molecule has 1 saturated heterocycles. The van der Waals surface area contributed by atoms with E-state index in [1.165, 1.54) is 0 Å². The minimum absolute atomic E-state index is 0.0802. The third-order valence-corrected chi connectivity index (χ3v) is 5.76. The number of carboxylic acid groups (broad SMARTS) is 1. The molecule has 0 saturated carbocycles. The number of aromatic nitrogens is 3. The molecule has 0 radical (unpaired) electrons. The number of benzene rings is 1. The number of carboxylic acids is 1. The number of hydrogen-bond acceptors (Lipinski definition) is 5. The van der Waals surface area contributed by atoms with Crippen LogP contribution in [0.5, 0.6) is 0 Å². The summed E-state index contributed by atoms with van der Waals surface area (Å²) in [7, 11) is 0. The summed E-state index contributed by atoms with van der Waals surface area (Å²) in [5.74, 6) is -0.574. The number of anilines is 1. The molecule has 0 spiro atoms. The van der Waals surface area contributed by atoms with Crippen LogP contribution in [0, 0.1) is 0 Å². The van der Waals surface area contributed by atoms with Gasteiger partial charge in [0.25, 0.3) is 0 Å². The van der Waals surface area contributed by atoms with Crippen molar-refractivity contribution in [2.45, 2.75) is 25.3 Å². The standard InChI is InChI=1S/C20H18Cl2N4O4/c21-14-3-2-13-15(25-7-6-23-11-25)9-16(24-20(13)19(14)22)26-12(1-4-17(26)27)10-30-8-5-18(28)29/h2-3,6-7,9,11-12H,1,4-5,8,10H2,(H,28,29). The first-order chi connectivity index (χ1) is 14.5. The molecule has 0 bridgehead atoms. The first kappa shape index (κ1) is 20.6. The molecule has 1 aliphatic rings. The van der Waals surface area contributed by atoms with Crippen LogP contribution >= 0.6 is 23.2 Å². The van der Waals surface area contributed by atoms with E-state index in [2.05, 4.69) is 9.97 Å². The molecule has 1 unspecified atom stereocenters. The van der Waals surface area contributed by atoms with Crippen LogP contribution in [0.25, 0.3) is 16.6 Å². The van der Waals surface area contributed by atoms with Crippen molar-refractivity contribution in [2.24, 2.45) is 0 Å². The lowest BCUT2D eigenvalue weighted by atomic mass is 10.1. The summed E-state index contributed by atoms with van der Waals surface area (Å²) in [6.45, 7) is 0.309. The van der Waals surface area contributed by atoms with Crippen LogP contribution in [0.4, 0.5) is 5.82 Å². The molecule has 10 heteroatoms. The van der Waals surface area contributed by atoms with Crippen LogP contribution in [0.1, 0.15) is 19.3 Å². The fraction of sp³-hybridized carbons (Fsp3) is 0.300. The molecule has 2 aromatic heterocycles. The number of imidazole rings is 1.